The van der Waals surface area contributed by atoms with Crippen molar-refractivity contribution in [2.45, 2.75) is 12.1 Å². The van der Waals surface area contributed by atoms with Crippen LogP contribution in [0.5, 0.6) is 0 Å². The van der Waals surface area contributed by atoms with E-state index in [1.54, 1.807) is 6.07 Å². The zero-order chi connectivity index (χ0) is 14.3. The molecule has 0 unspecified atom stereocenters. The lowest BCUT2D eigenvalue weighted by Crippen LogP contribution is -1.93. The van der Waals surface area contributed by atoms with Gasteiger partial charge in [0.15, 0.2) is 5.82 Å². The van der Waals surface area contributed by atoms with Crippen LogP contribution in [0.4, 0.5) is 0 Å². The number of benzene rings is 1. The first-order valence-electron chi connectivity index (χ1n) is 5.69. The van der Waals surface area contributed by atoms with Gasteiger partial charge in [-0.05, 0) is 19.1 Å². The fraction of sp³-hybridized carbons (Fsp3) is 0.0833. The lowest BCUT2D eigenvalue weighted by molar-refractivity contribution is 0.602. The number of nitrogens with zero attached hydrogens (tertiary/aromatic N) is 3. The molecule has 3 rings (SSSR count). The molecule has 1 N–H and O–H groups in total. The summed E-state index contributed by atoms with van der Waals surface area (Å²) in [5, 5.41) is 6.72. The summed E-state index contributed by atoms with van der Waals surface area (Å²) in [6, 6.07) is 9.30. The van der Waals surface area contributed by atoms with Gasteiger partial charge in [-0.3, -0.25) is 4.98 Å². The summed E-state index contributed by atoms with van der Waals surface area (Å²) in [5.74, 6) is 0.269. The normalized spacial score (nSPS) is 11.9. The molecule has 0 atom stereocenters. The van der Waals surface area contributed by atoms with Crippen LogP contribution in [0.15, 0.2) is 35.5 Å². The van der Waals surface area contributed by atoms with E-state index >= 15 is 0 Å². The molecule has 102 valence electrons. The maximum atomic E-state index is 11.2. The fourth-order valence-electron chi connectivity index (χ4n) is 1.97. The van der Waals surface area contributed by atoms with Gasteiger partial charge in [-0.15, -0.1) is 0 Å². The average Bonchev–Trinajstić information content (AvgIpc) is 2.87. The van der Waals surface area contributed by atoms with Gasteiger partial charge in [0.25, 0.3) is 14.2 Å². The van der Waals surface area contributed by atoms with Gasteiger partial charge in [-0.2, -0.15) is 10.1 Å². The Morgan fingerprint density at radius 3 is 2.65 bits per heavy atom. The number of pyridine rings is 1. The number of aromatic nitrogens is 4. The smallest absolute Gasteiger partial charge is 0.253 e. The SMILES string of the molecule is Cc1cc(-c2n[nH]c(S(=O)(=O)Cl)n2)c2ccccc2n1. The molecule has 0 saturated heterocycles. The number of fused-ring (bicyclic) bond motifs is 1. The predicted octanol–water partition coefficient (Wildman–Crippen LogP) is 2.26. The zero-order valence-corrected chi connectivity index (χ0v) is 11.9. The molecular weight excluding hydrogens is 300 g/mol. The van der Waals surface area contributed by atoms with E-state index in [1.165, 1.54) is 0 Å². The number of rotatable bonds is 2. The van der Waals surface area contributed by atoms with Crippen molar-refractivity contribution in [1.82, 2.24) is 20.2 Å². The predicted molar refractivity (Wildman–Crippen MR) is 74.9 cm³/mol. The number of H-pyrrole nitrogens is 1. The average molecular weight is 309 g/mol. The quantitative estimate of drug-likeness (QED) is 0.733. The van der Waals surface area contributed by atoms with Crippen molar-refractivity contribution in [3.63, 3.8) is 0 Å². The third-order valence-electron chi connectivity index (χ3n) is 2.78. The standard InChI is InChI=1S/C12H9ClN4O2S/c1-7-6-9(8-4-2-3-5-10(8)14-7)11-15-12(17-16-11)20(13,18)19/h2-6H,1H3,(H,15,16,17). The minimum Gasteiger partial charge on any atom is -0.253 e. The van der Waals surface area contributed by atoms with Crippen molar-refractivity contribution in [1.29, 1.82) is 0 Å². The molecule has 2 aromatic heterocycles. The number of hydrogen-bond donors (Lipinski definition) is 1. The first-order valence-corrected chi connectivity index (χ1v) is 8.00. The maximum absolute atomic E-state index is 11.2. The lowest BCUT2D eigenvalue weighted by Gasteiger charge is -2.04. The van der Waals surface area contributed by atoms with E-state index in [-0.39, 0.29) is 11.0 Å². The van der Waals surface area contributed by atoms with E-state index in [9.17, 15) is 8.42 Å². The Morgan fingerprint density at radius 1 is 1.20 bits per heavy atom. The van der Waals surface area contributed by atoms with Crippen LogP contribution in [0.3, 0.4) is 0 Å². The van der Waals surface area contributed by atoms with Crippen LogP contribution in [0, 0.1) is 6.92 Å². The molecule has 6 nitrogen and oxygen atoms in total. The summed E-state index contributed by atoms with van der Waals surface area (Å²) >= 11 is 0. The highest BCUT2D eigenvalue weighted by molar-refractivity contribution is 8.13. The highest BCUT2D eigenvalue weighted by atomic mass is 35.7. The molecule has 0 radical (unpaired) electrons. The van der Waals surface area contributed by atoms with Gasteiger partial charge >= 0.3 is 0 Å². The molecule has 0 saturated carbocycles. The largest absolute Gasteiger partial charge is 0.296 e. The number of aromatic amines is 1. The topological polar surface area (TPSA) is 88.6 Å². The van der Waals surface area contributed by atoms with Gasteiger partial charge in [0, 0.05) is 27.3 Å². The van der Waals surface area contributed by atoms with E-state index in [2.05, 4.69) is 20.2 Å². The van der Waals surface area contributed by atoms with E-state index < -0.39 is 9.05 Å². The highest BCUT2D eigenvalue weighted by Crippen LogP contribution is 2.26. The van der Waals surface area contributed by atoms with E-state index in [0.717, 1.165) is 16.6 Å². The number of nitrogens with one attached hydrogen (secondary N) is 1. The Morgan fingerprint density at radius 2 is 1.95 bits per heavy atom. The number of para-hydroxylation sites is 1. The molecule has 0 aliphatic rings. The summed E-state index contributed by atoms with van der Waals surface area (Å²) in [6.07, 6.45) is 0. The second-order valence-electron chi connectivity index (χ2n) is 4.23. The van der Waals surface area contributed by atoms with Crippen molar-refractivity contribution < 1.29 is 8.42 Å². The second kappa shape index (κ2) is 4.53. The Balaban J connectivity index is 2.27. The molecule has 2 heterocycles. The van der Waals surface area contributed by atoms with Crippen LogP contribution < -0.4 is 0 Å². The van der Waals surface area contributed by atoms with Crippen molar-refractivity contribution in [3.8, 4) is 11.4 Å². The molecule has 0 aliphatic carbocycles. The summed E-state index contributed by atoms with van der Waals surface area (Å²) in [5.41, 5.74) is 2.29. The molecule has 3 aromatic rings. The van der Waals surface area contributed by atoms with Gasteiger partial charge in [0.05, 0.1) is 5.52 Å². The number of halogens is 1. The molecule has 0 spiro atoms. The Kier molecular flexibility index (Phi) is 2.95. The van der Waals surface area contributed by atoms with Crippen molar-refractivity contribution >= 4 is 30.6 Å². The van der Waals surface area contributed by atoms with E-state index in [1.807, 2.05) is 31.2 Å². The molecule has 0 amide bonds. The first-order chi connectivity index (χ1) is 9.45. The van der Waals surface area contributed by atoms with Crippen LogP contribution in [0.2, 0.25) is 0 Å². The third kappa shape index (κ3) is 2.25. The molecule has 0 bridgehead atoms. The molecule has 8 heteroatoms. The summed E-state index contributed by atoms with van der Waals surface area (Å²) in [6.45, 7) is 1.85. The minimum atomic E-state index is -3.93. The molecule has 0 fully saturated rings. The Hall–Kier alpha value is -1.99. The van der Waals surface area contributed by atoms with Crippen molar-refractivity contribution in [2.24, 2.45) is 0 Å². The van der Waals surface area contributed by atoms with Crippen LogP contribution in [0.25, 0.3) is 22.3 Å². The van der Waals surface area contributed by atoms with E-state index in [4.69, 9.17) is 10.7 Å². The van der Waals surface area contributed by atoms with Crippen LogP contribution in [0.1, 0.15) is 5.69 Å². The van der Waals surface area contributed by atoms with Gasteiger partial charge in [-0.1, -0.05) is 18.2 Å². The van der Waals surface area contributed by atoms with Crippen LogP contribution >= 0.6 is 10.7 Å². The van der Waals surface area contributed by atoms with Crippen LogP contribution in [-0.2, 0) is 9.05 Å². The molecular formula is C12H9ClN4O2S. The Labute approximate surface area is 119 Å². The second-order valence-corrected chi connectivity index (χ2v) is 6.71. The monoisotopic (exact) mass is 308 g/mol. The number of aryl methyl sites for hydroxylation is 1. The molecule has 0 aliphatic heterocycles. The highest BCUT2D eigenvalue weighted by Gasteiger charge is 2.18. The zero-order valence-electron chi connectivity index (χ0n) is 10.3. The number of hydrogen-bond acceptors (Lipinski definition) is 5. The maximum Gasteiger partial charge on any atom is 0.296 e. The molecule has 1 aromatic carbocycles. The Bertz CT molecular complexity index is 905. The minimum absolute atomic E-state index is 0.269. The fourth-order valence-corrected chi connectivity index (χ4v) is 2.53. The first kappa shape index (κ1) is 13.0. The lowest BCUT2D eigenvalue weighted by atomic mass is 10.1. The third-order valence-corrected chi connectivity index (χ3v) is 3.86. The van der Waals surface area contributed by atoms with Crippen molar-refractivity contribution in [2.75, 3.05) is 0 Å². The van der Waals surface area contributed by atoms with Gasteiger partial charge in [-0.25, -0.2) is 13.5 Å². The summed E-state index contributed by atoms with van der Waals surface area (Å²) in [7, 11) is 1.31. The summed E-state index contributed by atoms with van der Waals surface area (Å²) in [4.78, 5) is 8.34. The van der Waals surface area contributed by atoms with E-state index in [0.29, 0.717) is 5.56 Å². The summed E-state index contributed by atoms with van der Waals surface area (Å²) < 4.78 is 22.5. The van der Waals surface area contributed by atoms with Gasteiger partial charge in [0.1, 0.15) is 0 Å². The van der Waals surface area contributed by atoms with Gasteiger partial charge in [0.2, 0.25) is 0 Å². The van der Waals surface area contributed by atoms with Crippen molar-refractivity contribution in [3.05, 3.63) is 36.0 Å². The van der Waals surface area contributed by atoms with Crippen LogP contribution in [-0.4, -0.2) is 28.6 Å². The van der Waals surface area contributed by atoms with Gasteiger partial charge < -0.3 is 0 Å². The molecule has 20 heavy (non-hydrogen) atoms.